The smallest absolute Gasteiger partial charge is 0.291 e. The standard InChI is InChI=1S/C19H13Cl2NO3/c1-11(23)12-2-5-14(6-3-12)22-19(24)18-9-8-17(25-18)13-4-7-15(20)16(21)10-13/h2-10H,1H3,(H,22,24). The molecule has 2 aromatic carbocycles. The number of carbonyl (C=O) groups excluding carboxylic acids is 2. The SMILES string of the molecule is CC(=O)c1ccc(NC(=O)c2ccc(-c3ccc(Cl)c(Cl)c3)o2)cc1. The molecule has 3 aromatic rings. The van der Waals surface area contributed by atoms with Gasteiger partial charge in [-0.15, -0.1) is 0 Å². The summed E-state index contributed by atoms with van der Waals surface area (Å²) in [5.41, 5.74) is 1.87. The van der Waals surface area contributed by atoms with Crippen molar-refractivity contribution >= 4 is 40.6 Å². The van der Waals surface area contributed by atoms with E-state index >= 15 is 0 Å². The number of halogens is 2. The van der Waals surface area contributed by atoms with Gasteiger partial charge in [0.2, 0.25) is 0 Å². The quantitative estimate of drug-likeness (QED) is 0.595. The summed E-state index contributed by atoms with van der Waals surface area (Å²) in [7, 11) is 0. The highest BCUT2D eigenvalue weighted by atomic mass is 35.5. The minimum atomic E-state index is -0.387. The molecule has 126 valence electrons. The van der Waals surface area contributed by atoms with Crippen LogP contribution < -0.4 is 5.32 Å². The van der Waals surface area contributed by atoms with E-state index < -0.39 is 0 Å². The van der Waals surface area contributed by atoms with E-state index in [1.165, 1.54) is 6.92 Å². The van der Waals surface area contributed by atoms with Crippen LogP contribution in [0.3, 0.4) is 0 Å². The number of rotatable bonds is 4. The number of amides is 1. The number of carbonyl (C=O) groups is 2. The number of Topliss-reactive ketones (excluding diaryl/α,β-unsaturated/α-hetero) is 1. The summed E-state index contributed by atoms with van der Waals surface area (Å²) in [6, 6.07) is 15.0. The average molecular weight is 374 g/mol. The molecule has 4 nitrogen and oxygen atoms in total. The van der Waals surface area contributed by atoms with Crippen molar-refractivity contribution in [3.63, 3.8) is 0 Å². The average Bonchev–Trinajstić information content (AvgIpc) is 3.08. The molecule has 6 heteroatoms. The molecule has 25 heavy (non-hydrogen) atoms. The third kappa shape index (κ3) is 3.92. The molecular formula is C19H13Cl2NO3. The summed E-state index contributed by atoms with van der Waals surface area (Å²) in [6.07, 6.45) is 0. The zero-order valence-corrected chi connectivity index (χ0v) is 14.7. The number of hydrogen-bond donors (Lipinski definition) is 1. The number of nitrogens with one attached hydrogen (secondary N) is 1. The third-order valence-corrected chi connectivity index (χ3v) is 4.32. The van der Waals surface area contributed by atoms with Crippen LogP contribution in [0.2, 0.25) is 10.0 Å². The highest BCUT2D eigenvalue weighted by Gasteiger charge is 2.13. The first-order valence-corrected chi connectivity index (χ1v) is 8.17. The van der Waals surface area contributed by atoms with Gasteiger partial charge in [-0.25, -0.2) is 0 Å². The summed E-state index contributed by atoms with van der Waals surface area (Å²) in [5.74, 6) is 0.254. The molecule has 0 aliphatic carbocycles. The summed E-state index contributed by atoms with van der Waals surface area (Å²) >= 11 is 11.9. The number of benzene rings is 2. The molecule has 0 bridgehead atoms. The molecule has 0 fully saturated rings. The molecule has 0 unspecified atom stereocenters. The van der Waals surface area contributed by atoms with E-state index in [2.05, 4.69) is 5.32 Å². The fourth-order valence-electron chi connectivity index (χ4n) is 2.25. The van der Waals surface area contributed by atoms with Crippen LogP contribution in [-0.4, -0.2) is 11.7 Å². The topological polar surface area (TPSA) is 59.3 Å². The second kappa shape index (κ2) is 7.13. The van der Waals surface area contributed by atoms with Crippen molar-refractivity contribution in [1.29, 1.82) is 0 Å². The molecule has 3 rings (SSSR count). The molecule has 0 aliphatic rings. The van der Waals surface area contributed by atoms with Gasteiger partial charge >= 0.3 is 0 Å². The molecule has 0 saturated heterocycles. The van der Waals surface area contributed by atoms with Crippen LogP contribution in [0, 0.1) is 0 Å². The van der Waals surface area contributed by atoms with Crippen LogP contribution in [0.5, 0.6) is 0 Å². The second-order valence-electron chi connectivity index (χ2n) is 5.38. The maximum absolute atomic E-state index is 12.3. The zero-order chi connectivity index (χ0) is 18.0. The van der Waals surface area contributed by atoms with Crippen LogP contribution in [-0.2, 0) is 0 Å². The van der Waals surface area contributed by atoms with Crippen molar-refractivity contribution < 1.29 is 14.0 Å². The predicted octanol–water partition coefficient (Wildman–Crippen LogP) is 5.71. The number of anilines is 1. The Balaban J connectivity index is 1.76. The molecule has 1 heterocycles. The van der Waals surface area contributed by atoms with Gasteiger partial charge in [-0.3, -0.25) is 9.59 Å². The summed E-state index contributed by atoms with van der Waals surface area (Å²) < 4.78 is 5.59. The van der Waals surface area contributed by atoms with Gasteiger partial charge in [0, 0.05) is 16.8 Å². The van der Waals surface area contributed by atoms with E-state index in [1.807, 2.05) is 0 Å². The lowest BCUT2D eigenvalue weighted by Crippen LogP contribution is -2.10. The number of ketones is 1. The van der Waals surface area contributed by atoms with Crippen molar-refractivity contribution in [3.8, 4) is 11.3 Å². The molecule has 1 aromatic heterocycles. The normalized spacial score (nSPS) is 10.5. The van der Waals surface area contributed by atoms with Crippen LogP contribution in [0.1, 0.15) is 27.8 Å². The number of hydrogen-bond acceptors (Lipinski definition) is 3. The molecule has 1 amide bonds. The van der Waals surface area contributed by atoms with E-state index in [1.54, 1.807) is 54.6 Å². The van der Waals surface area contributed by atoms with Gasteiger partial charge in [-0.1, -0.05) is 23.2 Å². The predicted molar refractivity (Wildman–Crippen MR) is 98.6 cm³/mol. The highest BCUT2D eigenvalue weighted by molar-refractivity contribution is 6.42. The van der Waals surface area contributed by atoms with E-state index in [9.17, 15) is 9.59 Å². The molecule has 0 aliphatic heterocycles. The van der Waals surface area contributed by atoms with Crippen molar-refractivity contribution in [2.24, 2.45) is 0 Å². The Morgan fingerprint density at radius 2 is 1.64 bits per heavy atom. The Morgan fingerprint density at radius 3 is 2.28 bits per heavy atom. The summed E-state index contributed by atoms with van der Waals surface area (Å²) in [5, 5.41) is 3.58. The fourth-order valence-corrected chi connectivity index (χ4v) is 2.54. The van der Waals surface area contributed by atoms with Gasteiger partial charge in [0.25, 0.3) is 5.91 Å². The van der Waals surface area contributed by atoms with Crippen LogP contribution in [0.15, 0.2) is 59.0 Å². The van der Waals surface area contributed by atoms with E-state index in [4.69, 9.17) is 27.6 Å². The molecule has 0 radical (unpaired) electrons. The lowest BCUT2D eigenvalue weighted by molar-refractivity contribution is 0.0995. The van der Waals surface area contributed by atoms with Gasteiger partial charge in [0.15, 0.2) is 11.5 Å². The van der Waals surface area contributed by atoms with Gasteiger partial charge in [0.05, 0.1) is 10.0 Å². The molecular weight excluding hydrogens is 361 g/mol. The summed E-state index contributed by atoms with van der Waals surface area (Å²) in [6.45, 7) is 1.49. The minimum Gasteiger partial charge on any atom is -0.451 e. The molecule has 0 atom stereocenters. The van der Waals surface area contributed by atoms with Crippen molar-refractivity contribution in [3.05, 3.63) is 76.0 Å². The van der Waals surface area contributed by atoms with Gasteiger partial charge in [0.1, 0.15) is 5.76 Å². The van der Waals surface area contributed by atoms with Crippen molar-refractivity contribution in [2.45, 2.75) is 6.92 Å². The first-order valence-electron chi connectivity index (χ1n) is 7.41. The minimum absolute atomic E-state index is 0.0322. The summed E-state index contributed by atoms with van der Waals surface area (Å²) in [4.78, 5) is 23.5. The Morgan fingerprint density at radius 1 is 0.920 bits per heavy atom. The van der Waals surface area contributed by atoms with Gasteiger partial charge < -0.3 is 9.73 Å². The number of furan rings is 1. The monoisotopic (exact) mass is 373 g/mol. The maximum Gasteiger partial charge on any atom is 0.291 e. The highest BCUT2D eigenvalue weighted by Crippen LogP contribution is 2.29. The van der Waals surface area contributed by atoms with Crippen LogP contribution in [0.4, 0.5) is 5.69 Å². The second-order valence-corrected chi connectivity index (χ2v) is 6.19. The third-order valence-electron chi connectivity index (χ3n) is 3.58. The Hall–Kier alpha value is -2.56. The van der Waals surface area contributed by atoms with E-state index in [0.29, 0.717) is 27.1 Å². The zero-order valence-electron chi connectivity index (χ0n) is 13.2. The lowest BCUT2D eigenvalue weighted by Gasteiger charge is -2.04. The maximum atomic E-state index is 12.3. The van der Waals surface area contributed by atoms with Crippen LogP contribution >= 0.6 is 23.2 Å². The van der Waals surface area contributed by atoms with Crippen LogP contribution in [0.25, 0.3) is 11.3 Å². The van der Waals surface area contributed by atoms with E-state index in [-0.39, 0.29) is 17.5 Å². The van der Waals surface area contributed by atoms with Crippen molar-refractivity contribution in [1.82, 2.24) is 0 Å². The molecule has 0 saturated carbocycles. The largest absolute Gasteiger partial charge is 0.451 e. The lowest BCUT2D eigenvalue weighted by atomic mass is 10.1. The first kappa shape index (κ1) is 17.3. The molecule has 0 spiro atoms. The Bertz CT molecular complexity index is 946. The fraction of sp³-hybridized carbons (Fsp3) is 0.0526. The first-order chi connectivity index (χ1) is 11.9. The van der Waals surface area contributed by atoms with Gasteiger partial charge in [-0.2, -0.15) is 0 Å². The van der Waals surface area contributed by atoms with Gasteiger partial charge in [-0.05, 0) is 61.5 Å². The van der Waals surface area contributed by atoms with Crippen molar-refractivity contribution in [2.75, 3.05) is 5.32 Å². The Kier molecular flexibility index (Phi) is 4.93. The Labute approximate surface area is 154 Å². The molecule has 1 N–H and O–H groups in total. The van der Waals surface area contributed by atoms with E-state index in [0.717, 1.165) is 5.56 Å².